The van der Waals surface area contributed by atoms with Crippen LogP contribution < -0.4 is 15.0 Å². The topological polar surface area (TPSA) is 67.9 Å². The van der Waals surface area contributed by atoms with E-state index in [1.165, 1.54) is 14.0 Å². The minimum atomic E-state index is -0.437. The van der Waals surface area contributed by atoms with Gasteiger partial charge >= 0.3 is 5.97 Å². The molecule has 0 bridgehead atoms. The molecule has 0 fully saturated rings. The third kappa shape index (κ3) is 7.41. The molecule has 0 aliphatic heterocycles. The first-order valence-corrected chi connectivity index (χ1v) is 10.4. The van der Waals surface area contributed by atoms with E-state index in [4.69, 9.17) is 9.47 Å². The molecule has 0 heterocycles. The van der Waals surface area contributed by atoms with Crippen molar-refractivity contribution >= 4 is 23.3 Å². The lowest BCUT2D eigenvalue weighted by atomic mass is 10.1. The van der Waals surface area contributed by atoms with Gasteiger partial charge in [-0.05, 0) is 25.3 Å². The van der Waals surface area contributed by atoms with Crippen molar-refractivity contribution in [3.63, 3.8) is 0 Å². The van der Waals surface area contributed by atoms with Crippen LogP contribution in [0.4, 0.5) is 11.4 Å². The van der Waals surface area contributed by atoms with Crippen molar-refractivity contribution in [2.24, 2.45) is 0 Å². The quantitative estimate of drug-likeness (QED) is 0.377. The van der Waals surface area contributed by atoms with Gasteiger partial charge in [0.1, 0.15) is 11.3 Å². The zero-order valence-corrected chi connectivity index (χ0v) is 18.1. The van der Waals surface area contributed by atoms with Crippen molar-refractivity contribution in [1.82, 2.24) is 0 Å². The van der Waals surface area contributed by atoms with Crippen molar-refractivity contribution < 1.29 is 19.1 Å². The molecule has 0 saturated carbocycles. The summed E-state index contributed by atoms with van der Waals surface area (Å²) in [4.78, 5) is 26.4. The van der Waals surface area contributed by atoms with Crippen molar-refractivity contribution in [2.45, 2.75) is 66.2 Å². The van der Waals surface area contributed by atoms with E-state index in [1.54, 1.807) is 12.1 Å². The molecule has 0 aliphatic carbocycles. The summed E-state index contributed by atoms with van der Waals surface area (Å²) in [5, 5.41) is 2.91. The first kappa shape index (κ1) is 23.8. The number of hydrogen-bond acceptors (Lipinski definition) is 5. The van der Waals surface area contributed by atoms with Gasteiger partial charge in [0, 0.05) is 26.1 Å². The van der Waals surface area contributed by atoms with E-state index >= 15 is 0 Å². The molecular formula is C22H36N2O4. The van der Waals surface area contributed by atoms with E-state index in [2.05, 4.69) is 31.0 Å². The Hall–Kier alpha value is -2.24. The molecule has 1 amide bonds. The number of esters is 1. The van der Waals surface area contributed by atoms with Crippen LogP contribution in [0.15, 0.2) is 12.1 Å². The normalized spacial score (nSPS) is 10.5. The van der Waals surface area contributed by atoms with Crippen LogP contribution in [0.25, 0.3) is 0 Å². The van der Waals surface area contributed by atoms with Crippen molar-refractivity contribution in [2.75, 3.05) is 37.0 Å². The zero-order valence-electron chi connectivity index (χ0n) is 18.1. The number of nitrogens with zero attached hydrogens (tertiary/aromatic N) is 1. The highest BCUT2D eigenvalue weighted by Gasteiger charge is 2.21. The number of amides is 1. The summed E-state index contributed by atoms with van der Waals surface area (Å²) in [6, 6.07) is 3.55. The summed E-state index contributed by atoms with van der Waals surface area (Å²) in [5.41, 5.74) is 1.89. The molecular weight excluding hydrogens is 356 g/mol. The van der Waals surface area contributed by atoms with Crippen LogP contribution in [0.1, 0.15) is 76.6 Å². The predicted octanol–water partition coefficient (Wildman–Crippen LogP) is 5.02. The Morgan fingerprint density at radius 1 is 1.00 bits per heavy atom. The van der Waals surface area contributed by atoms with Crippen molar-refractivity contribution in [1.29, 1.82) is 0 Å². The molecule has 0 atom stereocenters. The number of carbonyl (C=O) groups excluding carboxylic acids is 2. The number of anilines is 2. The fourth-order valence-electron chi connectivity index (χ4n) is 2.89. The van der Waals surface area contributed by atoms with Gasteiger partial charge in [0.15, 0.2) is 0 Å². The first-order valence-electron chi connectivity index (χ1n) is 10.4. The van der Waals surface area contributed by atoms with E-state index in [9.17, 15) is 9.59 Å². The number of methoxy groups -OCH3 is 1. The van der Waals surface area contributed by atoms with Crippen molar-refractivity contribution in [3.05, 3.63) is 17.7 Å². The number of ether oxygens (including phenoxy) is 2. The molecule has 0 aliphatic rings. The van der Waals surface area contributed by atoms with Gasteiger partial charge in [0.25, 0.3) is 0 Å². The van der Waals surface area contributed by atoms with E-state index in [0.29, 0.717) is 23.6 Å². The van der Waals surface area contributed by atoms with E-state index in [0.717, 1.165) is 57.3 Å². The Kier molecular flexibility index (Phi) is 11.1. The maximum absolute atomic E-state index is 12.4. The van der Waals surface area contributed by atoms with Gasteiger partial charge < -0.3 is 19.7 Å². The predicted molar refractivity (Wildman–Crippen MR) is 115 cm³/mol. The molecule has 0 unspecified atom stereocenters. The van der Waals surface area contributed by atoms with Gasteiger partial charge in [-0.15, -0.1) is 0 Å². The third-order valence-electron chi connectivity index (χ3n) is 4.47. The van der Waals surface area contributed by atoms with Crippen LogP contribution in [0, 0.1) is 0 Å². The molecule has 1 N–H and O–H groups in total. The summed E-state index contributed by atoms with van der Waals surface area (Å²) < 4.78 is 10.8. The van der Waals surface area contributed by atoms with Gasteiger partial charge in [0.05, 0.1) is 25.1 Å². The maximum Gasteiger partial charge on any atom is 0.341 e. The fraction of sp³-hybridized carbons (Fsp3) is 0.636. The average molecular weight is 393 g/mol. The van der Waals surface area contributed by atoms with Crippen LogP contribution in [0.5, 0.6) is 5.75 Å². The Labute approximate surface area is 169 Å². The average Bonchev–Trinajstić information content (AvgIpc) is 2.68. The number of hydrogen-bond donors (Lipinski definition) is 1. The highest BCUT2D eigenvalue weighted by Crippen LogP contribution is 2.35. The molecule has 0 aromatic heterocycles. The Balaban J connectivity index is 3.42. The number of carbonyl (C=O) groups is 2. The lowest BCUT2D eigenvalue weighted by Crippen LogP contribution is -2.27. The number of unbranched alkanes of at least 4 members (excludes halogenated alkanes) is 3. The summed E-state index contributed by atoms with van der Waals surface area (Å²) in [6.07, 6.45) is 6.08. The SMILES string of the molecule is CCCCOc1cc(NC(C)=O)c(N(CCCC)CCCC)cc1C(=O)OC. The molecule has 6 heteroatoms. The standard InChI is InChI=1S/C22H36N2O4/c1-6-9-12-24(13-10-7-2)20-15-18(22(26)27-5)21(28-14-11-8-3)16-19(20)23-17(4)25/h15-16H,6-14H2,1-5H3,(H,23,25). The second-order valence-corrected chi connectivity index (χ2v) is 6.93. The van der Waals surface area contributed by atoms with E-state index in [1.807, 2.05) is 0 Å². The lowest BCUT2D eigenvalue weighted by Gasteiger charge is -2.28. The second kappa shape index (κ2) is 13.0. The molecule has 1 aromatic carbocycles. The molecule has 1 rings (SSSR count). The van der Waals surface area contributed by atoms with E-state index in [-0.39, 0.29) is 5.91 Å². The maximum atomic E-state index is 12.4. The molecule has 28 heavy (non-hydrogen) atoms. The molecule has 0 radical (unpaired) electrons. The molecule has 1 aromatic rings. The van der Waals surface area contributed by atoms with Crippen LogP contribution in [0.3, 0.4) is 0 Å². The van der Waals surface area contributed by atoms with Crippen LogP contribution >= 0.6 is 0 Å². The number of nitrogens with one attached hydrogen (secondary N) is 1. The van der Waals surface area contributed by atoms with E-state index < -0.39 is 5.97 Å². The fourth-order valence-corrected chi connectivity index (χ4v) is 2.89. The molecule has 158 valence electrons. The van der Waals surface area contributed by atoms with Crippen LogP contribution in [-0.4, -0.2) is 38.7 Å². The van der Waals surface area contributed by atoms with Crippen LogP contribution in [0.2, 0.25) is 0 Å². The lowest BCUT2D eigenvalue weighted by molar-refractivity contribution is -0.114. The monoisotopic (exact) mass is 392 g/mol. The largest absolute Gasteiger partial charge is 0.493 e. The minimum absolute atomic E-state index is 0.155. The molecule has 0 spiro atoms. The van der Waals surface area contributed by atoms with Crippen molar-refractivity contribution in [3.8, 4) is 5.75 Å². The van der Waals surface area contributed by atoms with Gasteiger partial charge in [-0.1, -0.05) is 40.0 Å². The highest BCUT2D eigenvalue weighted by atomic mass is 16.5. The summed E-state index contributed by atoms with van der Waals surface area (Å²) in [7, 11) is 1.37. The number of benzene rings is 1. The Morgan fingerprint density at radius 2 is 1.61 bits per heavy atom. The third-order valence-corrected chi connectivity index (χ3v) is 4.47. The summed E-state index contributed by atoms with van der Waals surface area (Å²) >= 11 is 0. The van der Waals surface area contributed by atoms with Gasteiger partial charge in [-0.2, -0.15) is 0 Å². The van der Waals surface area contributed by atoms with Crippen LogP contribution in [-0.2, 0) is 9.53 Å². The molecule has 0 saturated heterocycles. The van der Waals surface area contributed by atoms with Gasteiger partial charge in [0.2, 0.25) is 5.91 Å². The Bertz CT molecular complexity index is 623. The second-order valence-electron chi connectivity index (χ2n) is 6.93. The number of rotatable bonds is 13. The first-order chi connectivity index (χ1) is 13.5. The minimum Gasteiger partial charge on any atom is -0.493 e. The highest BCUT2D eigenvalue weighted by molar-refractivity contribution is 5.99. The summed E-state index contributed by atoms with van der Waals surface area (Å²) in [6.45, 7) is 10.1. The van der Waals surface area contributed by atoms with Gasteiger partial charge in [-0.3, -0.25) is 4.79 Å². The van der Waals surface area contributed by atoms with Gasteiger partial charge in [-0.25, -0.2) is 4.79 Å². The summed E-state index contributed by atoms with van der Waals surface area (Å²) in [5.74, 6) is -0.149. The Morgan fingerprint density at radius 3 is 2.11 bits per heavy atom. The smallest absolute Gasteiger partial charge is 0.341 e. The molecule has 6 nitrogen and oxygen atoms in total. The zero-order chi connectivity index (χ0) is 20.9.